The third-order valence-corrected chi connectivity index (χ3v) is 6.53. The zero-order chi connectivity index (χ0) is 28.6. The number of allylic oxidation sites excluding steroid dienone is 1. The molecule has 1 atom stereocenters. The Labute approximate surface area is 231 Å². The summed E-state index contributed by atoms with van der Waals surface area (Å²) < 4.78 is 0. The average molecular weight is 537 g/mol. The number of aliphatic imine (C=N–C) groups is 1. The molecule has 0 bridgehead atoms. The molecule has 9 nitrogen and oxygen atoms in total. The number of aryl methyl sites for hydroxylation is 1. The summed E-state index contributed by atoms with van der Waals surface area (Å²) in [5.74, 6) is -0.666. The van der Waals surface area contributed by atoms with E-state index >= 15 is 0 Å². The molecule has 0 aliphatic rings. The standard InChI is InChI=1S/C31H32N6O3/c1-19-9-11-22(12-10-19)24-7-3-5-21(15-24)13-14-34-18-26(17-32)25-8-4-6-23(16-25)20(2)35-30(39)28-27(33)29(38)37-31(40)36-28/h3-12,15-18,20H,13-14,32-33H2,1-2H3,(H,35,39)(H2,36,37,38,40)/b26-17+,34-18?/t20-/m1/s1. The monoisotopic (exact) mass is 536 g/mol. The predicted octanol–water partition coefficient (Wildman–Crippen LogP) is 3.72. The van der Waals surface area contributed by atoms with Crippen LogP contribution in [0.2, 0.25) is 0 Å². The van der Waals surface area contributed by atoms with E-state index in [1.807, 2.05) is 29.2 Å². The molecule has 0 fully saturated rings. The Morgan fingerprint density at radius 2 is 1.75 bits per heavy atom. The minimum atomic E-state index is -0.820. The van der Waals surface area contributed by atoms with Gasteiger partial charge in [0.15, 0.2) is 0 Å². The van der Waals surface area contributed by atoms with Crippen molar-refractivity contribution in [3.63, 3.8) is 0 Å². The predicted molar refractivity (Wildman–Crippen MR) is 160 cm³/mol. The molecule has 9 heteroatoms. The summed E-state index contributed by atoms with van der Waals surface area (Å²) in [7, 11) is 0. The topological polar surface area (TPSA) is 159 Å². The van der Waals surface area contributed by atoms with Crippen LogP contribution in [0.3, 0.4) is 0 Å². The van der Waals surface area contributed by atoms with Crippen molar-refractivity contribution in [3.05, 3.63) is 128 Å². The molecule has 0 unspecified atom stereocenters. The molecule has 204 valence electrons. The molecule has 0 radical (unpaired) electrons. The minimum absolute atomic E-state index is 0.282. The average Bonchev–Trinajstić information content (AvgIpc) is 2.95. The van der Waals surface area contributed by atoms with Gasteiger partial charge in [-0.05, 0) is 54.2 Å². The van der Waals surface area contributed by atoms with E-state index in [-0.39, 0.29) is 11.4 Å². The van der Waals surface area contributed by atoms with E-state index in [0.29, 0.717) is 6.54 Å². The number of amides is 1. The Hall–Kier alpha value is -5.18. The summed E-state index contributed by atoms with van der Waals surface area (Å²) >= 11 is 0. The number of rotatable bonds is 9. The molecule has 0 saturated carbocycles. The molecule has 1 aromatic heterocycles. The second kappa shape index (κ2) is 12.6. The molecule has 4 aromatic rings. The van der Waals surface area contributed by atoms with Gasteiger partial charge in [-0.2, -0.15) is 0 Å². The van der Waals surface area contributed by atoms with Crippen LogP contribution in [0.4, 0.5) is 5.69 Å². The highest BCUT2D eigenvalue weighted by Gasteiger charge is 2.17. The second-order valence-corrected chi connectivity index (χ2v) is 9.49. The van der Waals surface area contributed by atoms with Gasteiger partial charge in [-0.25, -0.2) is 4.79 Å². The van der Waals surface area contributed by atoms with Crippen LogP contribution in [0.25, 0.3) is 16.7 Å². The van der Waals surface area contributed by atoms with Gasteiger partial charge in [0, 0.05) is 24.5 Å². The van der Waals surface area contributed by atoms with E-state index in [0.717, 1.165) is 23.1 Å². The van der Waals surface area contributed by atoms with Crippen molar-refractivity contribution in [3.8, 4) is 11.1 Å². The van der Waals surface area contributed by atoms with Crippen LogP contribution in [0.1, 0.15) is 45.7 Å². The number of H-pyrrole nitrogens is 2. The van der Waals surface area contributed by atoms with Crippen LogP contribution in [0.5, 0.6) is 0 Å². The number of hydrogen-bond donors (Lipinski definition) is 5. The third kappa shape index (κ3) is 6.82. The van der Waals surface area contributed by atoms with Gasteiger partial charge in [0.1, 0.15) is 11.4 Å². The van der Waals surface area contributed by atoms with Crippen molar-refractivity contribution >= 4 is 23.4 Å². The Bertz CT molecular complexity index is 1680. The number of nitrogens with one attached hydrogen (secondary N) is 3. The summed E-state index contributed by atoms with van der Waals surface area (Å²) in [6.07, 6.45) is 4.02. The fourth-order valence-corrected chi connectivity index (χ4v) is 4.24. The van der Waals surface area contributed by atoms with Gasteiger partial charge in [0.25, 0.3) is 11.5 Å². The number of aromatic amines is 2. The first-order valence-electron chi connectivity index (χ1n) is 12.9. The van der Waals surface area contributed by atoms with E-state index in [4.69, 9.17) is 11.5 Å². The first-order chi connectivity index (χ1) is 19.2. The molecule has 0 aliphatic carbocycles. The molecule has 40 heavy (non-hydrogen) atoms. The lowest BCUT2D eigenvalue weighted by Gasteiger charge is -2.16. The van der Waals surface area contributed by atoms with Crippen molar-refractivity contribution in [1.82, 2.24) is 15.3 Å². The molecule has 3 aromatic carbocycles. The Kier molecular flexibility index (Phi) is 8.75. The van der Waals surface area contributed by atoms with E-state index in [9.17, 15) is 14.4 Å². The maximum Gasteiger partial charge on any atom is 0.326 e. The lowest BCUT2D eigenvalue weighted by Crippen LogP contribution is -2.34. The first-order valence-corrected chi connectivity index (χ1v) is 12.9. The van der Waals surface area contributed by atoms with E-state index in [1.165, 1.54) is 28.5 Å². The summed E-state index contributed by atoms with van der Waals surface area (Å²) in [4.78, 5) is 44.8. The highest BCUT2D eigenvalue weighted by atomic mass is 16.2. The highest BCUT2D eigenvalue weighted by Crippen LogP contribution is 2.22. The molecule has 1 heterocycles. The third-order valence-electron chi connectivity index (χ3n) is 6.53. The quantitative estimate of drug-likeness (QED) is 0.206. The van der Waals surface area contributed by atoms with Crippen LogP contribution >= 0.6 is 0 Å². The van der Waals surface area contributed by atoms with Crippen LogP contribution in [-0.2, 0) is 6.42 Å². The number of nitrogens with zero attached hydrogens (tertiary/aromatic N) is 1. The van der Waals surface area contributed by atoms with Crippen molar-refractivity contribution in [2.45, 2.75) is 26.3 Å². The van der Waals surface area contributed by atoms with Crippen LogP contribution in [0, 0.1) is 6.92 Å². The van der Waals surface area contributed by atoms with Gasteiger partial charge in [0.2, 0.25) is 0 Å². The number of benzene rings is 3. The second-order valence-electron chi connectivity index (χ2n) is 9.49. The van der Waals surface area contributed by atoms with Crippen molar-refractivity contribution in [1.29, 1.82) is 0 Å². The minimum Gasteiger partial charge on any atom is -0.404 e. The largest absolute Gasteiger partial charge is 0.404 e. The molecule has 0 spiro atoms. The smallest absolute Gasteiger partial charge is 0.326 e. The van der Waals surface area contributed by atoms with Crippen molar-refractivity contribution < 1.29 is 4.79 Å². The number of carbonyl (C=O) groups is 1. The van der Waals surface area contributed by atoms with E-state index in [2.05, 4.69) is 70.7 Å². The van der Waals surface area contributed by atoms with Gasteiger partial charge in [-0.1, -0.05) is 72.3 Å². The van der Waals surface area contributed by atoms with Gasteiger partial charge in [0.05, 0.1) is 6.04 Å². The molecule has 0 saturated heterocycles. The number of nitrogen functional groups attached to an aromatic ring is 1. The summed E-state index contributed by atoms with van der Waals surface area (Å²) in [5, 5.41) is 2.76. The van der Waals surface area contributed by atoms with Crippen molar-refractivity contribution in [2.24, 2.45) is 10.7 Å². The summed E-state index contributed by atoms with van der Waals surface area (Å²) in [5.41, 5.74) is 16.5. The van der Waals surface area contributed by atoms with Gasteiger partial charge in [-0.3, -0.25) is 19.6 Å². The molecule has 4 rings (SSSR count). The number of aromatic nitrogens is 2. The molecular weight excluding hydrogens is 504 g/mol. The molecule has 0 aliphatic heterocycles. The lowest BCUT2D eigenvalue weighted by molar-refractivity contribution is 0.0935. The van der Waals surface area contributed by atoms with Crippen LogP contribution in [-0.4, -0.2) is 28.6 Å². The SMILES string of the molecule is Cc1ccc(-c2cccc(CCN=C/C(=C\N)c3cccc([C@@H](C)NC(=O)c4[nH]c(=O)[nH]c(=O)c4N)c3)c2)cc1. The van der Waals surface area contributed by atoms with Gasteiger partial charge in [-0.15, -0.1) is 0 Å². The summed E-state index contributed by atoms with van der Waals surface area (Å²) in [6.45, 7) is 4.45. The first kappa shape index (κ1) is 27.8. The van der Waals surface area contributed by atoms with E-state index < -0.39 is 23.2 Å². The number of anilines is 1. The number of nitrogens with two attached hydrogens (primary N) is 2. The Morgan fingerprint density at radius 3 is 2.50 bits per heavy atom. The maximum atomic E-state index is 12.7. The lowest BCUT2D eigenvalue weighted by atomic mass is 10.0. The van der Waals surface area contributed by atoms with Crippen LogP contribution in [0.15, 0.2) is 93.6 Å². The zero-order valence-electron chi connectivity index (χ0n) is 22.4. The van der Waals surface area contributed by atoms with E-state index in [1.54, 1.807) is 13.1 Å². The molecular formula is C31H32N6O3. The number of carbonyl (C=O) groups excluding carboxylic acids is 1. The summed E-state index contributed by atoms with van der Waals surface area (Å²) in [6, 6.07) is 24.0. The Balaban J connectivity index is 1.40. The highest BCUT2D eigenvalue weighted by molar-refractivity contribution is 6.09. The fraction of sp³-hybridized carbons (Fsp3) is 0.161. The van der Waals surface area contributed by atoms with Crippen LogP contribution < -0.4 is 28.0 Å². The zero-order valence-corrected chi connectivity index (χ0v) is 22.4. The van der Waals surface area contributed by atoms with Gasteiger partial charge < -0.3 is 21.8 Å². The Morgan fingerprint density at radius 1 is 1.00 bits per heavy atom. The molecule has 1 amide bonds. The van der Waals surface area contributed by atoms with Gasteiger partial charge >= 0.3 is 5.69 Å². The fourth-order valence-electron chi connectivity index (χ4n) is 4.24. The maximum absolute atomic E-state index is 12.7. The normalized spacial score (nSPS) is 12.4. The van der Waals surface area contributed by atoms with Crippen molar-refractivity contribution in [2.75, 3.05) is 12.3 Å². The number of hydrogen-bond acceptors (Lipinski definition) is 6. The molecule has 7 N–H and O–H groups in total.